The van der Waals surface area contributed by atoms with Crippen molar-refractivity contribution in [2.75, 3.05) is 0 Å². The van der Waals surface area contributed by atoms with Crippen LogP contribution in [-0.4, -0.2) is 21.3 Å². The molecular weight excluding hydrogens is 609 g/mol. The Balaban J connectivity index is 1.41. The molecule has 4 aromatic carbocycles. The summed E-state index contributed by atoms with van der Waals surface area (Å²) in [5, 5.41) is 11.8. The molecule has 0 saturated carbocycles. The number of pyridine rings is 1. The lowest BCUT2D eigenvalue weighted by atomic mass is 9.68. The lowest BCUT2D eigenvalue weighted by Gasteiger charge is -2.37. The molecule has 0 saturated heterocycles. The zero-order valence-electron chi connectivity index (χ0n) is 24.3. The van der Waals surface area contributed by atoms with E-state index >= 15 is 0 Å². The van der Waals surface area contributed by atoms with Crippen LogP contribution in [0.2, 0.25) is 10.0 Å². The number of carboxylic acids is 1. The third-order valence-corrected chi connectivity index (χ3v) is 8.91. The van der Waals surface area contributed by atoms with Crippen LogP contribution < -0.4 is 4.74 Å². The second kappa shape index (κ2) is 15.0. The van der Waals surface area contributed by atoms with Gasteiger partial charge >= 0.3 is 5.97 Å². The van der Waals surface area contributed by atoms with Gasteiger partial charge < -0.3 is 9.84 Å². The van der Waals surface area contributed by atoms with E-state index in [0.29, 0.717) is 18.1 Å². The Kier molecular flexibility index (Phi) is 10.9. The number of carbonyl (C=O) groups is 1. The van der Waals surface area contributed by atoms with Crippen LogP contribution in [0, 0.1) is 0 Å². The number of carboxylic acid groups (broad SMARTS) is 1. The number of benzene rings is 4. The standard InChI is InChI=1S/C37H35Cl2NO3S/c38-30-14-7-26(8-15-30)4-3-21-37(24-34(44)22-36(41)42,23-27-9-16-31(39)17-10-27)29-12-19-33(20-13-29)43-25-32-18-11-28-5-1-2-6-35(28)40-32/h1-2,5-20,34,44H,3-4,21-25H2,(H,41,42). The number of rotatable bonds is 14. The highest BCUT2D eigenvalue weighted by Crippen LogP contribution is 2.41. The summed E-state index contributed by atoms with van der Waals surface area (Å²) in [4.78, 5) is 16.4. The molecule has 0 radical (unpaired) electrons. The fourth-order valence-corrected chi connectivity index (χ4v) is 6.63. The number of thiol groups is 1. The molecule has 5 rings (SSSR count). The molecule has 0 aliphatic rings. The number of para-hydroxylation sites is 1. The van der Waals surface area contributed by atoms with Crippen molar-refractivity contribution in [3.05, 3.63) is 142 Å². The SMILES string of the molecule is O=C(O)CC(S)CC(CCCc1ccc(Cl)cc1)(Cc1ccc(Cl)cc1)c1ccc(OCc2ccc3ccccc3n2)cc1. The first-order valence-corrected chi connectivity index (χ1v) is 16.0. The first kappa shape index (κ1) is 31.9. The molecule has 2 atom stereocenters. The number of fused-ring (bicyclic) bond motifs is 1. The highest BCUT2D eigenvalue weighted by Gasteiger charge is 2.35. The number of ether oxygens (including phenoxy) is 1. The van der Waals surface area contributed by atoms with Crippen molar-refractivity contribution in [1.82, 2.24) is 4.98 Å². The molecule has 2 unspecified atom stereocenters. The van der Waals surface area contributed by atoms with Crippen molar-refractivity contribution < 1.29 is 14.6 Å². The highest BCUT2D eigenvalue weighted by atomic mass is 35.5. The predicted octanol–water partition coefficient (Wildman–Crippen LogP) is 9.79. The number of nitrogens with zero attached hydrogens (tertiary/aromatic N) is 1. The van der Waals surface area contributed by atoms with Gasteiger partial charge in [0.2, 0.25) is 0 Å². The molecule has 1 N–H and O–H groups in total. The number of hydrogen-bond acceptors (Lipinski definition) is 4. The molecule has 226 valence electrons. The summed E-state index contributed by atoms with van der Waals surface area (Å²) in [7, 11) is 0. The highest BCUT2D eigenvalue weighted by molar-refractivity contribution is 7.81. The second-order valence-corrected chi connectivity index (χ2v) is 12.9. The Morgan fingerprint density at radius 3 is 2.18 bits per heavy atom. The zero-order chi connectivity index (χ0) is 30.9. The average Bonchev–Trinajstić information content (AvgIpc) is 3.02. The Labute approximate surface area is 274 Å². The molecule has 1 aromatic heterocycles. The quantitative estimate of drug-likeness (QED) is 0.118. The molecule has 0 fully saturated rings. The van der Waals surface area contributed by atoms with E-state index in [-0.39, 0.29) is 17.1 Å². The van der Waals surface area contributed by atoms with E-state index in [1.54, 1.807) is 0 Å². The van der Waals surface area contributed by atoms with E-state index in [1.165, 1.54) is 5.56 Å². The normalized spacial score (nSPS) is 13.3. The lowest BCUT2D eigenvalue weighted by molar-refractivity contribution is -0.137. The van der Waals surface area contributed by atoms with Gasteiger partial charge in [-0.15, -0.1) is 0 Å². The summed E-state index contributed by atoms with van der Waals surface area (Å²) in [5.74, 6) is -0.101. The minimum atomic E-state index is -0.849. The van der Waals surface area contributed by atoms with Crippen molar-refractivity contribution in [1.29, 1.82) is 0 Å². The molecule has 0 aliphatic heterocycles. The number of aliphatic carboxylic acids is 1. The Morgan fingerprint density at radius 1 is 0.841 bits per heavy atom. The predicted molar refractivity (Wildman–Crippen MR) is 183 cm³/mol. The van der Waals surface area contributed by atoms with E-state index < -0.39 is 5.97 Å². The van der Waals surface area contributed by atoms with Gasteiger partial charge in [-0.2, -0.15) is 12.6 Å². The molecule has 4 nitrogen and oxygen atoms in total. The summed E-state index contributed by atoms with van der Waals surface area (Å²) < 4.78 is 6.14. The number of aryl methyl sites for hydroxylation is 1. The molecule has 0 aliphatic carbocycles. The number of aromatic nitrogens is 1. The summed E-state index contributed by atoms with van der Waals surface area (Å²) in [6, 6.07) is 36.2. The molecule has 0 amide bonds. The van der Waals surface area contributed by atoms with Crippen molar-refractivity contribution in [2.45, 2.75) is 55.8 Å². The van der Waals surface area contributed by atoms with Gasteiger partial charge in [-0.1, -0.05) is 83.9 Å². The molecule has 0 bridgehead atoms. The molecule has 44 heavy (non-hydrogen) atoms. The van der Waals surface area contributed by atoms with Gasteiger partial charge in [-0.05, 0) is 97.3 Å². The van der Waals surface area contributed by atoms with E-state index in [2.05, 4.69) is 42.5 Å². The van der Waals surface area contributed by atoms with Gasteiger partial charge in [0.1, 0.15) is 12.4 Å². The van der Waals surface area contributed by atoms with Gasteiger partial charge in [0.05, 0.1) is 17.6 Å². The maximum atomic E-state index is 11.7. The van der Waals surface area contributed by atoms with Gasteiger partial charge in [0, 0.05) is 26.1 Å². The minimum absolute atomic E-state index is 0.0113. The fraction of sp³-hybridized carbons (Fsp3) is 0.243. The smallest absolute Gasteiger partial charge is 0.304 e. The minimum Gasteiger partial charge on any atom is -0.487 e. The van der Waals surface area contributed by atoms with Gasteiger partial charge in [-0.25, -0.2) is 4.98 Å². The van der Waals surface area contributed by atoms with Crippen LogP contribution in [0.25, 0.3) is 10.9 Å². The van der Waals surface area contributed by atoms with Crippen LogP contribution in [0.4, 0.5) is 0 Å². The number of hydrogen-bond donors (Lipinski definition) is 2. The van der Waals surface area contributed by atoms with E-state index in [0.717, 1.165) is 64.2 Å². The number of halogens is 2. The Hall–Kier alpha value is -3.51. The van der Waals surface area contributed by atoms with Crippen LogP contribution in [0.1, 0.15) is 48.1 Å². The van der Waals surface area contributed by atoms with Crippen molar-refractivity contribution in [2.24, 2.45) is 0 Å². The lowest BCUT2D eigenvalue weighted by Crippen LogP contribution is -2.33. The second-order valence-electron chi connectivity index (χ2n) is 11.3. The topological polar surface area (TPSA) is 59.4 Å². The van der Waals surface area contributed by atoms with Crippen molar-refractivity contribution in [3.8, 4) is 5.75 Å². The van der Waals surface area contributed by atoms with Crippen LogP contribution in [-0.2, 0) is 29.7 Å². The van der Waals surface area contributed by atoms with E-state index in [4.69, 9.17) is 45.6 Å². The molecule has 1 heterocycles. The Morgan fingerprint density at radius 2 is 1.50 bits per heavy atom. The third kappa shape index (κ3) is 8.78. The summed E-state index contributed by atoms with van der Waals surface area (Å²) in [5.41, 5.74) is 4.92. The van der Waals surface area contributed by atoms with Gasteiger partial charge in [-0.3, -0.25) is 4.79 Å². The molecule has 0 spiro atoms. The fourth-order valence-electron chi connectivity index (χ4n) is 5.88. The van der Waals surface area contributed by atoms with Crippen LogP contribution >= 0.6 is 35.8 Å². The average molecular weight is 645 g/mol. The summed E-state index contributed by atoms with van der Waals surface area (Å²) in [6.45, 7) is 0.360. The summed E-state index contributed by atoms with van der Waals surface area (Å²) >= 11 is 17.1. The van der Waals surface area contributed by atoms with E-state index in [9.17, 15) is 9.90 Å². The first-order chi connectivity index (χ1) is 21.3. The van der Waals surface area contributed by atoms with Crippen LogP contribution in [0.15, 0.2) is 109 Å². The maximum Gasteiger partial charge on any atom is 0.304 e. The van der Waals surface area contributed by atoms with E-state index in [1.807, 2.05) is 66.7 Å². The third-order valence-electron chi connectivity index (χ3n) is 8.04. The van der Waals surface area contributed by atoms with Crippen LogP contribution in [0.3, 0.4) is 0 Å². The maximum absolute atomic E-state index is 11.7. The Bertz CT molecular complexity index is 1680. The van der Waals surface area contributed by atoms with Gasteiger partial charge in [0.15, 0.2) is 0 Å². The molecule has 5 aromatic rings. The van der Waals surface area contributed by atoms with Crippen LogP contribution in [0.5, 0.6) is 5.75 Å². The van der Waals surface area contributed by atoms with Crippen molar-refractivity contribution >= 4 is 52.7 Å². The zero-order valence-corrected chi connectivity index (χ0v) is 26.7. The summed E-state index contributed by atoms with van der Waals surface area (Å²) in [6.07, 6.45) is 3.96. The monoisotopic (exact) mass is 643 g/mol. The molecule has 7 heteroatoms. The van der Waals surface area contributed by atoms with Crippen molar-refractivity contribution in [3.63, 3.8) is 0 Å². The largest absolute Gasteiger partial charge is 0.487 e. The van der Waals surface area contributed by atoms with Gasteiger partial charge in [0.25, 0.3) is 0 Å². The first-order valence-electron chi connectivity index (χ1n) is 14.7. The molecular formula is C37H35Cl2NO3S.